The average molecular weight is 350 g/mol. The molecule has 0 radical (unpaired) electrons. The van der Waals surface area contributed by atoms with Crippen LogP contribution in [0, 0.1) is 0 Å². The van der Waals surface area contributed by atoms with Crippen LogP contribution in [-0.2, 0) is 12.7 Å². The summed E-state index contributed by atoms with van der Waals surface area (Å²) in [5, 5.41) is 2.85. The number of nitrogens with one attached hydrogen (secondary N) is 1. The van der Waals surface area contributed by atoms with Gasteiger partial charge in [0.25, 0.3) is 5.91 Å². The molecule has 0 spiro atoms. The molecule has 2 aromatic heterocycles. The molecule has 0 aliphatic rings. The molecular weight excluding hydrogens is 337 g/mol. The lowest BCUT2D eigenvalue weighted by molar-refractivity contribution is -0.140. The second-order valence-corrected chi connectivity index (χ2v) is 5.14. The van der Waals surface area contributed by atoms with E-state index in [0.717, 1.165) is 6.07 Å². The van der Waals surface area contributed by atoms with Crippen LogP contribution >= 0.6 is 0 Å². The van der Waals surface area contributed by atoms with Gasteiger partial charge in [-0.3, -0.25) is 4.79 Å². The summed E-state index contributed by atoms with van der Waals surface area (Å²) in [5.41, 5.74) is 5.17. The third kappa shape index (κ3) is 3.05. The zero-order chi connectivity index (χ0) is 18.2. The van der Waals surface area contributed by atoms with E-state index < -0.39 is 17.8 Å². The number of halogens is 3. The minimum atomic E-state index is -4.54. The van der Waals surface area contributed by atoms with E-state index in [1.165, 1.54) is 25.2 Å². The van der Waals surface area contributed by atoms with Gasteiger partial charge < -0.3 is 15.5 Å². The van der Waals surface area contributed by atoms with Crippen molar-refractivity contribution < 1.29 is 22.4 Å². The predicted molar refractivity (Wildman–Crippen MR) is 83.5 cm³/mol. The number of oxazole rings is 1. The zero-order valence-electron chi connectivity index (χ0n) is 13.0. The van der Waals surface area contributed by atoms with E-state index in [9.17, 15) is 18.0 Å². The molecule has 0 atom stereocenters. The van der Waals surface area contributed by atoms with Gasteiger partial charge in [-0.1, -0.05) is 6.07 Å². The number of amides is 1. The maximum Gasteiger partial charge on any atom is 0.433 e. The van der Waals surface area contributed by atoms with Crippen LogP contribution in [-0.4, -0.2) is 22.9 Å². The Balaban J connectivity index is 2.16. The molecule has 6 nitrogen and oxygen atoms in total. The molecule has 3 rings (SSSR count). The van der Waals surface area contributed by atoms with Crippen molar-refractivity contribution in [1.29, 1.82) is 0 Å². The lowest BCUT2D eigenvalue weighted by atomic mass is 10.1. The van der Waals surface area contributed by atoms with Gasteiger partial charge in [0.2, 0.25) is 5.89 Å². The van der Waals surface area contributed by atoms with Gasteiger partial charge in [0, 0.05) is 18.0 Å². The number of hydrogen-bond acceptors (Lipinski definition) is 5. The molecule has 1 aromatic carbocycles. The van der Waals surface area contributed by atoms with Gasteiger partial charge in [-0.05, 0) is 24.3 Å². The number of pyridine rings is 1. The molecular formula is C16H13F3N4O2. The van der Waals surface area contributed by atoms with Crippen molar-refractivity contribution in [1.82, 2.24) is 15.3 Å². The number of nitrogens with two attached hydrogens (primary N) is 1. The second-order valence-electron chi connectivity index (χ2n) is 5.14. The molecule has 0 bridgehead atoms. The molecule has 0 fully saturated rings. The third-order valence-corrected chi connectivity index (χ3v) is 3.58. The van der Waals surface area contributed by atoms with Crippen LogP contribution in [0.5, 0.6) is 0 Å². The van der Waals surface area contributed by atoms with E-state index in [1.807, 2.05) is 0 Å². The second kappa shape index (κ2) is 6.17. The SMILES string of the molecule is CNC(=O)c1nc(-c2cccc3nc(C(F)(F)F)ccc23)oc1CN. The molecule has 3 aromatic rings. The van der Waals surface area contributed by atoms with Crippen LogP contribution < -0.4 is 11.1 Å². The van der Waals surface area contributed by atoms with Gasteiger partial charge in [0.05, 0.1) is 12.1 Å². The molecule has 2 heterocycles. The molecule has 3 N–H and O–H groups in total. The summed E-state index contributed by atoms with van der Waals surface area (Å²) in [5.74, 6) is -0.189. The van der Waals surface area contributed by atoms with Gasteiger partial charge in [0.15, 0.2) is 11.5 Å². The highest BCUT2D eigenvalue weighted by Gasteiger charge is 2.32. The number of nitrogens with zero attached hydrogens (tertiary/aromatic N) is 2. The highest BCUT2D eigenvalue weighted by Crippen LogP contribution is 2.33. The van der Waals surface area contributed by atoms with Gasteiger partial charge in [-0.2, -0.15) is 13.2 Å². The Labute approximate surface area is 139 Å². The number of aromatic nitrogens is 2. The van der Waals surface area contributed by atoms with Crippen LogP contribution in [0.1, 0.15) is 21.9 Å². The van der Waals surface area contributed by atoms with E-state index >= 15 is 0 Å². The van der Waals surface area contributed by atoms with E-state index in [0.29, 0.717) is 10.9 Å². The lowest BCUT2D eigenvalue weighted by Gasteiger charge is -2.08. The smallest absolute Gasteiger partial charge is 0.433 e. The Kier molecular flexibility index (Phi) is 4.17. The fraction of sp³-hybridized carbons (Fsp3) is 0.188. The highest BCUT2D eigenvalue weighted by atomic mass is 19.4. The first-order chi connectivity index (χ1) is 11.8. The molecule has 0 saturated heterocycles. The van der Waals surface area contributed by atoms with Crippen molar-refractivity contribution in [3.05, 3.63) is 47.5 Å². The van der Waals surface area contributed by atoms with Crippen LogP contribution in [0.3, 0.4) is 0 Å². The van der Waals surface area contributed by atoms with Crippen molar-refractivity contribution in [3.8, 4) is 11.5 Å². The number of fused-ring (bicyclic) bond motifs is 1. The Morgan fingerprint density at radius 3 is 2.64 bits per heavy atom. The summed E-state index contributed by atoms with van der Waals surface area (Å²) < 4.78 is 44.0. The van der Waals surface area contributed by atoms with E-state index in [1.54, 1.807) is 6.07 Å². The number of benzene rings is 1. The Morgan fingerprint density at radius 2 is 2.00 bits per heavy atom. The van der Waals surface area contributed by atoms with Gasteiger partial charge in [-0.25, -0.2) is 9.97 Å². The lowest BCUT2D eigenvalue weighted by Crippen LogP contribution is -2.20. The molecule has 9 heteroatoms. The van der Waals surface area contributed by atoms with Crippen LogP contribution in [0.4, 0.5) is 13.2 Å². The quantitative estimate of drug-likeness (QED) is 0.757. The summed E-state index contributed by atoms with van der Waals surface area (Å²) >= 11 is 0. The summed E-state index contributed by atoms with van der Waals surface area (Å²) in [6.07, 6.45) is -4.54. The number of carbonyl (C=O) groups is 1. The first kappa shape index (κ1) is 16.9. The largest absolute Gasteiger partial charge is 0.439 e. The van der Waals surface area contributed by atoms with Crippen LogP contribution in [0.15, 0.2) is 34.7 Å². The zero-order valence-corrected chi connectivity index (χ0v) is 13.0. The monoisotopic (exact) mass is 350 g/mol. The number of carbonyl (C=O) groups excluding carboxylic acids is 1. The molecule has 1 amide bonds. The summed E-state index contributed by atoms with van der Waals surface area (Å²) in [7, 11) is 1.44. The standard InChI is InChI=1S/C16H13F3N4O2/c1-21-14(24)13-11(7-20)25-15(23-13)9-3-2-4-10-8(9)5-6-12(22-10)16(17,18)19/h2-6H,7,20H2,1H3,(H,21,24). The Bertz CT molecular complexity index is 950. The van der Waals surface area contributed by atoms with Gasteiger partial charge >= 0.3 is 6.18 Å². The Hall–Kier alpha value is -2.94. The van der Waals surface area contributed by atoms with Crippen molar-refractivity contribution in [2.45, 2.75) is 12.7 Å². The fourth-order valence-corrected chi connectivity index (χ4v) is 2.40. The van der Waals surface area contributed by atoms with Gasteiger partial charge in [-0.15, -0.1) is 0 Å². The molecule has 0 saturated carbocycles. The third-order valence-electron chi connectivity index (χ3n) is 3.58. The summed E-state index contributed by atoms with van der Waals surface area (Å²) in [4.78, 5) is 19.6. The summed E-state index contributed by atoms with van der Waals surface area (Å²) in [6.45, 7) is -0.0447. The van der Waals surface area contributed by atoms with E-state index in [2.05, 4.69) is 15.3 Å². The maximum absolute atomic E-state index is 12.8. The minimum Gasteiger partial charge on any atom is -0.439 e. The normalized spacial score (nSPS) is 11.7. The number of alkyl halides is 3. The highest BCUT2D eigenvalue weighted by molar-refractivity contribution is 5.96. The van der Waals surface area contributed by atoms with Crippen molar-refractivity contribution in [2.24, 2.45) is 5.73 Å². The van der Waals surface area contributed by atoms with Crippen molar-refractivity contribution in [3.63, 3.8) is 0 Å². The van der Waals surface area contributed by atoms with Crippen LogP contribution in [0.2, 0.25) is 0 Å². The molecule has 130 valence electrons. The molecule has 0 aliphatic heterocycles. The van der Waals surface area contributed by atoms with Crippen LogP contribution in [0.25, 0.3) is 22.4 Å². The van der Waals surface area contributed by atoms with Crippen molar-refractivity contribution in [2.75, 3.05) is 7.05 Å². The average Bonchev–Trinajstić information content (AvgIpc) is 3.03. The fourth-order valence-electron chi connectivity index (χ4n) is 2.40. The molecule has 25 heavy (non-hydrogen) atoms. The maximum atomic E-state index is 12.8. The topological polar surface area (TPSA) is 94.0 Å². The molecule has 0 aliphatic carbocycles. The minimum absolute atomic E-state index is 0.0388. The number of hydrogen-bond donors (Lipinski definition) is 2. The predicted octanol–water partition coefficient (Wildman–Crippen LogP) is 2.73. The first-order valence-electron chi connectivity index (χ1n) is 7.24. The summed E-state index contributed by atoms with van der Waals surface area (Å²) in [6, 6.07) is 6.80. The van der Waals surface area contributed by atoms with Crippen molar-refractivity contribution >= 4 is 16.8 Å². The number of rotatable bonds is 3. The van der Waals surface area contributed by atoms with Gasteiger partial charge in [0.1, 0.15) is 5.69 Å². The first-order valence-corrected chi connectivity index (χ1v) is 7.24. The van der Waals surface area contributed by atoms with E-state index in [-0.39, 0.29) is 29.4 Å². The van der Waals surface area contributed by atoms with E-state index in [4.69, 9.17) is 10.2 Å². The Morgan fingerprint density at radius 1 is 1.24 bits per heavy atom. The molecule has 0 unspecified atom stereocenters.